The number of aromatic nitrogens is 3. The van der Waals surface area contributed by atoms with E-state index < -0.39 is 0 Å². The van der Waals surface area contributed by atoms with E-state index in [1.165, 1.54) is 16.0 Å². The Bertz CT molecular complexity index is 1160. The molecule has 0 spiro atoms. The van der Waals surface area contributed by atoms with Gasteiger partial charge in [0.25, 0.3) is 11.5 Å². The van der Waals surface area contributed by atoms with E-state index in [1.54, 1.807) is 12.1 Å². The third-order valence-electron chi connectivity index (χ3n) is 5.71. The number of morpholine rings is 1. The Morgan fingerprint density at radius 2 is 1.91 bits per heavy atom. The molecule has 1 amide bonds. The molecule has 1 fully saturated rings. The lowest BCUT2D eigenvalue weighted by atomic mass is 10.1. The maximum atomic E-state index is 13.2. The van der Waals surface area contributed by atoms with Crippen molar-refractivity contribution in [1.82, 2.24) is 19.7 Å². The van der Waals surface area contributed by atoms with Gasteiger partial charge < -0.3 is 4.74 Å². The highest BCUT2D eigenvalue weighted by atomic mass is 32.1. The van der Waals surface area contributed by atoms with Gasteiger partial charge in [0.15, 0.2) is 10.8 Å². The van der Waals surface area contributed by atoms with Crippen molar-refractivity contribution < 1.29 is 9.53 Å². The number of anilines is 1. The zero-order chi connectivity index (χ0) is 23.4. The molecule has 1 N–H and O–H groups in total. The molecule has 1 aliphatic rings. The fourth-order valence-corrected chi connectivity index (χ4v) is 5.00. The molecular formula is C24H31N5O3S. The fraction of sp³-hybridized carbons (Fsp3) is 0.500. The number of benzene rings is 1. The Morgan fingerprint density at radius 3 is 2.64 bits per heavy atom. The summed E-state index contributed by atoms with van der Waals surface area (Å²) in [4.78, 5) is 32.9. The summed E-state index contributed by atoms with van der Waals surface area (Å²) in [6, 6.07) is 7.14. The zero-order valence-corrected chi connectivity index (χ0v) is 20.2. The molecule has 3 heterocycles. The average molecular weight is 470 g/mol. The van der Waals surface area contributed by atoms with Crippen molar-refractivity contribution in [3.8, 4) is 0 Å². The summed E-state index contributed by atoms with van der Waals surface area (Å²) in [7, 11) is 0. The van der Waals surface area contributed by atoms with E-state index >= 15 is 0 Å². The Morgan fingerprint density at radius 1 is 1.18 bits per heavy atom. The van der Waals surface area contributed by atoms with Gasteiger partial charge in [-0.2, -0.15) is 5.10 Å². The number of thiazole rings is 1. The third-order valence-corrected chi connectivity index (χ3v) is 6.52. The second-order valence-corrected chi connectivity index (χ2v) is 9.54. The summed E-state index contributed by atoms with van der Waals surface area (Å²) in [6.45, 7) is 9.20. The van der Waals surface area contributed by atoms with Gasteiger partial charge in [-0.3, -0.25) is 19.8 Å². The van der Waals surface area contributed by atoms with Crippen LogP contribution in [-0.2, 0) is 17.8 Å². The molecule has 33 heavy (non-hydrogen) atoms. The standard InChI is InChI=1S/C24H31N5O3S/c1-4-5-8-11-29-23(31)20-10-7-6-9-19(20)21(27-29)22(30)26-24-25-18(15-33-24)14-28-12-16(2)32-17(3)13-28/h6-7,9-10,15-17H,4-5,8,11-14H2,1-3H3,(H,25,26,30). The predicted molar refractivity (Wildman–Crippen MR) is 131 cm³/mol. The number of nitrogens with one attached hydrogen (secondary N) is 1. The van der Waals surface area contributed by atoms with E-state index in [0.717, 1.165) is 38.0 Å². The first kappa shape index (κ1) is 23.5. The molecule has 0 radical (unpaired) electrons. The van der Waals surface area contributed by atoms with Crippen LogP contribution in [-0.4, -0.2) is 50.9 Å². The molecule has 0 bridgehead atoms. The number of hydrogen-bond acceptors (Lipinski definition) is 7. The summed E-state index contributed by atoms with van der Waals surface area (Å²) in [5.74, 6) is -0.357. The lowest BCUT2D eigenvalue weighted by molar-refractivity contribution is -0.0707. The molecule has 0 saturated carbocycles. The lowest BCUT2D eigenvalue weighted by Crippen LogP contribution is -2.44. The van der Waals surface area contributed by atoms with Crippen molar-refractivity contribution in [2.24, 2.45) is 0 Å². The number of hydrogen-bond donors (Lipinski definition) is 1. The van der Waals surface area contributed by atoms with Crippen LogP contribution in [0.2, 0.25) is 0 Å². The number of aryl methyl sites for hydroxylation is 1. The van der Waals surface area contributed by atoms with Crippen LogP contribution in [0.3, 0.4) is 0 Å². The number of carbonyl (C=O) groups excluding carboxylic acids is 1. The van der Waals surface area contributed by atoms with Crippen LogP contribution in [0.1, 0.15) is 56.2 Å². The highest BCUT2D eigenvalue weighted by molar-refractivity contribution is 7.14. The first-order chi connectivity index (χ1) is 15.9. The molecule has 1 aromatic carbocycles. The first-order valence-electron chi connectivity index (χ1n) is 11.6. The van der Waals surface area contributed by atoms with Gasteiger partial charge in [-0.25, -0.2) is 9.67 Å². The number of nitrogens with zero attached hydrogens (tertiary/aromatic N) is 4. The monoisotopic (exact) mass is 469 g/mol. The number of unbranched alkanes of at least 4 members (excludes halogenated alkanes) is 2. The Labute approximate surface area is 197 Å². The van der Waals surface area contributed by atoms with Crippen LogP contribution in [0, 0.1) is 0 Å². The molecule has 176 valence electrons. The summed E-state index contributed by atoms with van der Waals surface area (Å²) in [6.07, 6.45) is 3.28. The summed E-state index contributed by atoms with van der Waals surface area (Å²) >= 11 is 1.40. The Kier molecular flexibility index (Phi) is 7.52. The number of rotatable bonds is 8. The van der Waals surface area contributed by atoms with E-state index in [0.29, 0.717) is 29.0 Å². The van der Waals surface area contributed by atoms with E-state index in [-0.39, 0.29) is 29.4 Å². The molecule has 3 aromatic rings. The molecule has 2 unspecified atom stereocenters. The molecule has 8 nitrogen and oxygen atoms in total. The van der Waals surface area contributed by atoms with Gasteiger partial charge in [-0.05, 0) is 26.3 Å². The largest absolute Gasteiger partial charge is 0.373 e. The molecular weight excluding hydrogens is 438 g/mol. The minimum absolute atomic E-state index is 0.163. The van der Waals surface area contributed by atoms with Crippen LogP contribution >= 0.6 is 11.3 Å². The zero-order valence-electron chi connectivity index (χ0n) is 19.4. The summed E-state index contributed by atoms with van der Waals surface area (Å²) < 4.78 is 7.21. The van der Waals surface area contributed by atoms with Crippen molar-refractivity contribution in [1.29, 1.82) is 0 Å². The van der Waals surface area contributed by atoms with Crippen LogP contribution in [0.4, 0.5) is 5.13 Å². The fourth-order valence-electron chi connectivity index (χ4n) is 4.30. The summed E-state index contributed by atoms with van der Waals surface area (Å²) in [5.41, 5.74) is 0.997. The highest BCUT2D eigenvalue weighted by Crippen LogP contribution is 2.21. The van der Waals surface area contributed by atoms with E-state index in [1.807, 2.05) is 17.5 Å². The molecule has 0 aliphatic carbocycles. The number of carbonyl (C=O) groups is 1. The van der Waals surface area contributed by atoms with Crippen LogP contribution in [0.15, 0.2) is 34.4 Å². The minimum Gasteiger partial charge on any atom is -0.373 e. The average Bonchev–Trinajstić information content (AvgIpc) is 3.21. The van der Waals surface area contributed by atoms with Crippen molar-refractivity contribution in [3.05, 3.63) is 51.4 Å². The summed E-state index contributed by atoms with van der Waals surface area (Å²) in [5, 5.41) is 10.9. The third kappa shape index (κ3) is 5.66. The van der Waals surface area contributed by atoms with Gasteiger partial charge in [0.2, 0.25) is 0 Å². The molecule has 1 saturated heterocycles. The molecule has 1 aliphatic heterocycles. The highest BCUT2D eigenvalue weighted by Gasteiger charge is 2.23. The van der Waals surface area contributed by atoms with Gasteiger partial charge in [0.1, 0.15) is 0 Å². The second kappa shape index (κ2) is 10.5. The van der Waals surface area contributed by atoms with Gasteiger partial charge >= 0.3 is 0 Å². The van der Waals surface area contributed by atoms with Crippen LogP contribution < -0.4 is 10.9 Å². The smallest absolute Gasteiger partial charge is 0.278 e. The minimum atomic E-state index is -0.357. The molecule has 2 atom stereocenters. The van der Waals surface area contributed by atoms with E-state index in [4.69, 9.17) is 4.74 Å². The predicted octanol–water partition coefficient (Wildman–Crippen LogP) is 3.90. The van der Waals surface area contributed by atoms with Crippen molar-refractivity contribution in [2.45, 2.75) is 65.3 Å². The van der Waals surface area contributed by atoms with Crippen LogP contribution in [0.5, 0.6) is 0 Å². The van der Waals surface area contributed by atoms with Crippen molar-refractivity contribution >= 4 is 33.1 Å². The Hall–Kier alpha value is -2.62. The Balaban J connectivity index is 1.52. The second-order valence-electron chi connectivity index (χ2n) is 8.68. The van der Waals surface area contributed by atoms with Gasteiger partial charge in [0, 0.05) is 36.9 Å². The SMILES string of the molecule is CCCCCn1nc(C(=O)Nc2nc(CN3CC(C)OC(C)C3)cs2)c2ccccc2c1=O. The lowest BCUT2D eigenvalue weighted by Gasteiger charge is -2.34. The normalized spacial score (nSPS) is 19.1. The molecule has 9 heteroatoms. The van der Waals surface area contributed by atoms with Gasteiger partial charge in [-0.1, -0.05) is 38.0 Å². The maximum absolute atomic E-state index is 13.2. The number of fused-ring (bicyclic) bond motifs is 1. The van der Waals surface area contributed by atoms with Crippen molar-refractivity contribution in [3.63, 3.8) is 0 Å². The van der Waals surface area contributed by atoms with E-state index in [2.05, 4.69) is 41.1 Å². The number of ether oxygens (including phenoxy) is 1. The quantitative estimate of drug-likeness (QED) is 0.503. The van der Waals surface area contributed by atoms with Crippen LogP contribution in [0.25, 0.3) is 10.8 Å². The van der Waals surface area contributed by atoms with Gasteiger partial charge in [-0.15, -0.1) is 11.3 Å². The maximum Gasteiger partial charge on any atom is 0.278 e. The van der Waals surface area contributed by atoms with Crippen molar-refractivity contribution in [2.75, 3.05) is 18.4 Å². The topological polar surface area (TPSA) is 89.3 Å². The van der Waals surface area contributed by atoms with E-state index in [9.17, 15) is 9.59 Å². The molecule has 2 aromatic heterocycles. The van der Waals surface area contributed by atoms with Gasteiger partial charge in [0.05, 0.1) is 23.3 Å². The molecule has 4 rings (SSSR count). The number of amides is 1. The first-order valence-corrected chi connectivity index (χ1v) is 12.5.